The molecule has 6 heteroatoms. The second-order valence-corrected chi connectivity index (χ2v) is 8.61. The van der Waals surface area contributed by atoms with Crippen molar-refractivity contribution in [2.24, 2.45) is 5.92 Å². The van der Waals surface area contributed by atoms with Crippen LogP contribution in [0.3, 0.4) is 0 Å². The van der Waals surface area contributed by atoms with Gasteiger partial charge in [-0.15, -0.1) is 0 Å². The molecule has 1 aliphatic rings. The molecule has 0 bridgehead atoms. The number of nitrogens with zero attached hydrogens (tertiary/aromatic N) is 3. The van der Waals surface area contributed by atoms with E-state index in [0.29, 0.717) is 6.54 Å². The fourth-order valence-corrected chi connectivity index (χ4v) is 4.69. The van der Waals surface area contributed by atoms with E-state index in [1.165, 1.54) is 0 Å². The number of aromatic nitrogens is 2. The number of carbonyl (C=O) groups is 1. The Balaban J connectivity index is 1.28. The van der Waals surface area contributed by atoms with Gasteiger partial charge in [-0.25, -0.2) is 4.98 Å². The fourth-order valence-electron chi connectivity index (χ4n) is 4.26. The van der Waals surface area contributed by atoms with Gasteiger partial charge in [-0.2, -0.15) is 0 Å². The molecule has 4 aromatic rings. The van der Waals surface area contributed by atoms with Gasteiger partial charge < -0.3 is 14.6 Å². The maximum atomic E-state index is 12.7. The summed E-state index contributed by atoms with van der Waals surface area (Å²) in [6.07, 6.45) is 3.76. The van der Waals surface area contributed by atoms with Crippen LogP contribution in [0.15, 0.2) is 71.3 Å². The Kier molecular flexibility index (Phi) is 5.17. The van der Waals surface area contributed by atoms with Crippen molar-refractivity contribution in [2.75, 3.05) is 18.0 Å². The number of para-hydroxylation sites is 2. The van der Waals surface area contributed by atoms with Gasteiger partial charge in [0.15, 0.2) is 5.82 Å². The van der Waals surface area contributed by atoms with Crippen molar-refractivity contribution in [3.63, 3.8) is 0 Å². The van der Waals surface area contributed by atoms with E-state index < -0.39 is 0 Å². The van der Waals surface area contributed by atoms with Gasteiger partial charge in [0.1, 0.15) is 0 Å². The van der Waals surface area contributed by atoms with Crippen molar-refractivity contribution < 1.29 is 4.79 Å². The van der Waals surface area contributed by atoms with E-state index in [9.17, 15) is 4.79 Å². The summed E-state index contributed by atoms with van der Waals surface area (Å²) in [5, 5.41) is 3.11. The van der Waals surface area contributed by atoms with Crippen LogP contribution in [0.25, 0.3) is 16.6 Å². The van der Waals surface area contributed by atoms with Gasteiger partial charge in [0.2, 0.25) is 5.91 Å². The summed E-state index contributed by atoms with van der Waals surface area (Å²) < 4.78 is 3.23. The Morgan fingerprint density at radius 2 is 1.73 bits per heavy atom. The molecule has 1 amide bonds. The highest BCUT2D eigenvalue weighted by Gasteiger charge is 2.26. The smallest absolute Gasteiger partial charge is 0.223 e. The lowest BCUT2D eigenvalue weighted by atomic mass is 9.95. The molecule has 0 atom stereocenters. The highest BCUT2D eigenvalue weighted by molar-refractivity contribution is 9.10. The molecule has 30 heavy (non-hydrogen) atoms. The normalized spacial score (nSPS) is 15.0. The van der Waals surface area contributed by atoms with Crippen molar-refractivity contribution in [1.29, 1.82) is 0 Å². The maximum absolute atomic E-state index is 12.7. The third kappa shape index (κ3) is 3.56. The average Bonchev–Trinajstić information content (AvgIpc) is 3.28. The molecular formula is C24H23BrN4O. The predicted molar refractivity (Wildman–Crippen MR) is 124 cm³/mol. The summed E-state index contributed by atoms with van der Waals surface area (Å²) in [6, 6.07) is 20.4. The lowest BCUT2D eigenvalue weighted by Gasteiger charge is -2.32. The van der Waals surface area contributed by atoms with Crippen LogP contribution in [0.5, 0.6) is 0 Å². The van der Waals surface area contributed by atoms with Crippen molar-refractivity contribution in [1.82, 2.24) is 14.7 Å². The molecule has 0 spiro atoms. The van der Waals surface area contributed by atoms with Crippen LogP contribution in [0.4, 0.5) is 5.82 Å². The number of benzene rings is 2. The van der Waals surface area contributed by atoms with Gasteiger partial charge in [0, 0.05) is 36.2 Å². The van der Waals surface area contributed by atoms with Crippen LogP contribution < -0.4 is 10.2 Å². The Labute approximate surface area is 183 Å². The number of piperidine rings is 1. The zero-order chi connectivity index (χ0) is 20.5. The highest BCUT2D eigenvalue weighted by atomic mass is 79.9. The summed E-state index contributed by atoms with van der Waals surface area (Å²) in [6.45, 7) is 2.22. The van der Waals surface area contributed by atoms with Gasteiger partial charge in [0.25, 0.3) is 0 Å². The van der Waals surface area contributed by atoms with Crippen LogP contribution >= 0.6 is 15.9 Å². The molecule has 1 aliphatic heterocycles. The van der Waals surface area contributed by atoms with E-state index in [0.717, 1.165) is 58.3 Å². The third-order valence-electron chi connectivity index (χ3n) is 5.92. The van der Waals surface area contributed by atoms with E-state index in [1.54, 1.807) is 0 Å². The quantitative estimate of drug-likeness (QED) is 0.474. The second kappa shape index (κ2) is 8.11. The van der Waals surface area contributed by atoms with Crippen LogP contribution in [0, 0.1) is 5.92 Å². The molecule has 1 N–H and O–H groups in total. The number of anilines is 1. The van der Waals surface area contributed by atoms with Crippen LogP contribution in [-0.4, -0.2) is 28.4 Å². The lowest BCUT2D eigenvalue weighted by Crippen LogP contribution is -2.40. The number of halogens is 1. The summed E-state index contributed by atoms with van der Waals surface area (Å²) in [7, 11) is 0. The summed E-state index contributed by atoms with van der Waals surface area (Å²) in [5.74, 6) is 1.20. The van der Waals surface area contributed by atoms with Crippen molar-refractivity contribution in [2.45, 2.75) is 19.4 Å². The standard InChI is InChI=1S/C24H23BrN4O/c25-19-7-2-1-6-18(19)16-26-24(30)17-11-14-28(15-12-17)23-22-10-5-13-29(22)21-9-4-3-8-20(21)27-23/h1-10,13,17H,11-12,14-16H2,(H,26,30). The van der Waals surface area contributed by atoms with E-state index in [-0.39, 0.29) is 11.8 Å². The Hall–Kier alpha value is -2.86. The number of hydrogen-bond donors (Lipinski definition) is 1. The number of amides is 1. The molecule has 5 nitrogen and oxygen atoms in total. The largest absolute Gasteiger partial charge is 0.355 e. The summed E-state index contributed by atoms with van der Waals surface area (Å²) in [5.41, 5.74) is 4.32. The molecule has 3 heterocycles. The fraction of sp³-hybridized carbons (Fsp3) is 0.250. The highest BCUT2D eigenvalue weighted by Crippen LogP contribution is 2.29. The minimum atomic E-state index is 0.0481. The Morgan fingerprint density at radius 1 is 1.00 bits per heavy atom. The predicted octanol–water partition coefficient (Wildman–Crippen LogP) is 4.78. The first-order valence-corrected chi connectivity index (χ1v) is 11.1. The van der Waals surface area contributed by atoms with Crippen LogP contribution in [0.1, 0.15) is 18.4 Å². The van der Waals surface area contributed by atoms with E-state index in [4.69, 9.17) is 4.98 Å². The molecule has 2 aromatic heterocycles. The zero-order valence-electron chi connectivity index (χ0n) is 16.6. The molecule has 0 aliphatic carbocycles. The molecule has 0 unspecified atom stereocenters. The summed E-state index contributed by atoms with van der Waals surface area (Å²) >= 11 is 3.54. The van der Waals surface area contributed by atoms with Gasteiger partial charge in [-0.05, 0) is 48.7 Å². The average molecular weight is 463 g/mol. The SMILES string of the molecule is O=C(NCc1ccccc1Br)C1CCN(c2nc3ccccc3n3cccc23)CC1. The summed E-state index contributed by atoms with van der Waals surface area (Å²) in [4.78, 5) is 20.0. The van der Waals surface area contributed by atoms with Gasteiger partial charge in [0.05, 0.1) is 16.6 Å². The zero-order valence-corrected chi connectivity index (χ0v) is 18.2. The molecule has 1 fully saturated rings. The van der Waals surface area contributed by atoms with Crippen molar-refractivity contribution in [3.8, 4) is 0 Å². The van der Waals surface area contributed by atoms with Crippen LogP contribution in [-0.2, 0) is 11.3 Å². The number of rotatable bonds is 4. The first-order valence-electron chi connectivity index (χ1n) is 10.3. The van der Waals surface area contributed by atoms with Crippen molar-refractivity contribution >= 4 is 44.2 Å². The molecular weight excluding hydrogens is 440 g/mol. The minimum absolute atomic E-state index is 0.0481. The molecule has 0 radical (unpaired) electrons. The lowest BCUT2D eigenvalue weighted by molar-refractivity contribution is -0.125. The second-order valence-electron chi connectivity index (χ2n) is 7.76. The number of fused-ring (bicyclic) bond motifs is 3. The van der Waals surface area contributed by atoms with E-state index in [1.807, 2.05) is 36.4 Å². The molecule has 2 aromatic carbocycles. The topological polar surface area (TPSA) is 49.6 Å². The monoisotopic (exact) mass is 462 g/mol. The van der Waals surface area contributed by atoms with E-state index in [2.05, 4.69) is 61.0 Å². The first-order chi connectivity index (χ1) is 14.7. The van der Waals surface area contributed by atoms with Crippen molar-refractivity contribution in [3.05, 3.63) is 76.9 Å². The minimum Gasteiger partial charge on any atom is -0.355 e. The Morgan fingerprint density at radius 3 is 2.57 bits per heavy atom. The first kappa shape index (κ1) is 19.1. The Bertz CT molecular complexity index is 1210. The van der Waals surface area contributed by atoms with Gasteiger partial charge in [-0.1, -0.05) is 46.3 Å². The number of nitrogens with one attached hydrogen (secondary N) is 1. The molecule has 0 saturated carbocycles. The van der Waals surface area contributed by atoms with Gasteiger partial charge in [-0.3, -0.25) is 4.79 Å². The van der Waals surface area contributed by atoms with Crippen LogP contribution in [0.2, 0.25) is 0 Å². The maximum Gasteiger partial charge on any atom is 0.223 e. The van der Waals surface area contributed by atoms with E-state index >= 15 is 0 Å². The molecule has 152 valence electrons. The van der Waals surface area contributed by atoms with Gasteiger partial charge >= 0.3 is 0 Å². The molecule has 5 rings (SSSR count). The number of carbonyl (C=O) groups excluding carboxylic acids is 1. The third-order valence-corrected chi connectivity index (χ3v) is 6.70. The number of hydrogen-bond acceptors (Lipinski definition) is 3. The molecule has 1 saturated heterocycles.